The average molecular weight is 687 g/mol. The Morgan fingerprint density at radius 2 is 0.833 bits per heavy atom. The predicted octanol–water partition coefficient (Wildman–Crippen LogP) is 15.1. The summed E-state index contributed by atoms with van der Waals surface area (Å²) in [6.07, 6.45) is 0. The summed E-state index contributed by atoms with van der Waals surface area (Å²) in [5, 5.41) is 14.1. The molecule has 2 aromatic heterocycles. The lowest BCUT2D eigenvalue weighted by atomic mass is 9.84. The molecule has 0 aliphatic rings. The van der Waals surface area contributed by atoms with E-state index in [1.165, 1.54) is 65.7 Å². The highest BCUT2D eigenvalue weighted by atomic mass is 16.3. The number of rotatable bonds is 3. The van der Waals surface area contributed by atoms with Crippen LogP contribution in [0.25, 0.3) is 120 Å². The minimum Gasteiger partial charge on any atom is -0.455 e. The first-order valence-electron chi connectivity index (χ1n) is 18.5. The fourth-order valence-electron chi connectivity index (χ4n) is 9.10. The molecule has 0 atom stereocenters. The van der Waals surface area contributed by atoms with Gasteiger partial charge < -0.3 is 8.83 Å². The van der Waals surface area contributed by atoms with Crippen LogP contribution in [0.1, 0.15) is 0 Å². The van der Waals surface area contributed by atoms with Gasteiger partial charge in [-0.3, -0.25) is 0 Å². The third kappa shape index (κ3) is 4.11. The van der Waals surface area contributed by atoms with Gasteiger partial charge in [0.05, 0.1) is 5.39 Å². The van der Waals surface area contributed by atoms with Crippen molar-refractivity contribution in [2.24, 2.45) is 0 Å². The zero-order valence-electron chi connectivity index (χ0n) is 29.1. The van der Waals surface area contributed by atoms with E-state index in [4.69, 9.17) is 8.83 Å². The number of hydrogen-bond donors (Lipinski definition) is 0. The number of hydrogen-bond acceptors (Lipinski definition) is 2. The minimum absolute atomic E-state index is 0.839. The van der Waals surface area contributed by atoms with Crippen LogP contribution in [0, 0.1) is 0 Å². The normalized spacial score (nSPS) is 12.1. The number of fused-ring (bicyclic) bond motifs is 12. The summed E-state index contributed by atoms with van der Waals surface area (Å²) in [4.78, 5) is 0. The maximum absolute atomic E-state index is 6.60. The average Bonchev–Trinajstić information content (AvgIpc) is 3.81. The lowest BCUT2D eigenvalue weighted by Gasteiger charge is -2.19. The lowest BCUT2D eigenvalue weighted by Crippen LogP contribution is -1.92. The molecule has 2 heteroatoms. The molecule has 10 aromatic carbocycles. The van der Waals surface area contributed by atoms with Gasteiger partial charge in [-0.15, -0.1) is 0 Å². The molecule has 0 saturated heterocycles. The summed E-state index contributed by atoms with van der Waals surface area (Å²) in [6.45, 7) is 0. The monoisotopic (exact) mass is 686 g/mol. The molecule has 0 saturated carbocycles. The van der Waals surface area contributed by atoms with Gasteiger partial charge in [-0.1, -0.05) is 146 Å². The van der Waals surface area contributed by atoms with Crippen LogP contribution in [0.4, 0.5) is 0 Å². The van der Waals surface area contributed by atoms with Crippen LogP contribution in [-0.4, -0.2) is 0 Å². The van der Waals surface area contributed by atoms with Crippen molar-refractivity contribution in [2.45, 2.75) is 0 Å². The van der Waals surface area contributed by atoms with Gasteiger partial charge in [0.25, 0.3) is 0 Å². The molecule has 0 N–H and O–H groups in total. The second kappa shape index (κ2) is 11.2. The van der Waals surface area contributed by atoms with Crippen molar-refractivity contribution in [2.75, 3.05) is 0 Å². The zero-order chi connectivity index (χ0) is 35.3. The van der Waals surface area contributed by atoms with Gasteiger partial charge in [0.15, 0.2) is 0 Å². The molecule has 2 nitrogen and oxygen atoms in total. The fourth-order valence-corrected chi connectivity index (χ4v) is 9.10. The maximum atomic E-state index is 6.60. The molecular weight excluding hydrogens is 657 g/mol. The van der Waals surface area contributed by atoms with Gasteiger partial charge in [-0.2, -0.15) is 0 Å². The molecule has 0 radical (unpaired) electrons. The molecule has 0 aliphatic heterocycles. The number of para-hydroxylation sites is 1. The third-order valence-electron chi connectivity index (χ3n) is 11.5. The molecule has 0 unspecified atom stereocenters. The van der Waals surface area contributed by atoms with Gasteiger partial charge in [0.2, 0.25) is 0 Å². The molecule has 250 valence electrons. The topological polar surface area (TPSA) is 26.3 Å². The van der Waals surface area contributed by atoms with Gasteiger partial charge >= 0.3 is 0 Å². The Labute approximate surface area is 310 Å². The second-order valence-corrected chi connectivity index (χ2v) is 14.3. The van der Waals surface area contributed by atoms with Gasteiger partial charge in [-0.25, -0.2) is 0 Å². The summed E-state index contributed by atoms with van der Waals surface area (Å²) in [5.74, 6) is 0. The Bertz CT molecular complexity index is 3430. The van der Waals surface area contributed by atoms with Crippen molar-refractivity contribution in [3.05, 3.63) is 182 Å². The largest absolute Gasteiger partial charge is 0.455 e. The van der Waals surface area contributed by atoms with E-state index in [2.05, 4.69) is 170 Å². The summed E-state index contributed by atoms with van der Waals surface area (Å²) < 4.78 is 13.0. The van der Waals surface area contributed by atoms with Crippen LogP contribution in [-0.2, 0) is 0 Å². The van der Waals surface area contributed by atoms with Crippen molar-refractivity contribution in [1.29, 1.82) is 0 Å². The van der Waals surface area contributed by atoms with Crippen LogP contribution >= 0.6 is 0 Å². The van der Waals surface area contributed by atoms with Gasteiger partial charge in [-0.05, 0) is 107 Å². The molecule has 12 rings (SSSR count). The lowest BCUT2D eigenvalue weighted by molar-refractivity contribution is 0.665. The van der Waals surface area contributed by atoms with Crippen molar-refractivity contribution >= 4 is 87.0 Å². The highest BCUT2D eigenvalue weighted by Gasteiger charge is 2.20. The number of furan rings is 2. The van der Waals surface area contributed by atoms with Crippen LogP contribution in [0.3, 0.4) is 0 Å². The molecule has 0 bridgehead atoms. The van der Waals surface area contributed by atoms with E-state index in [1.807, 2.05) is 12.1 Å². The number of benzene rings is 10. The van der Waals surface area contributed by atoms with Gasteiger partial charge in [0.1, 0.15) is 22.3 Å². The van der Waals surface area contributed by atoms with Crippen LogP contribution in [0.5, 0.6) is 0 Å². The Hall–Kier alpha value is -7.16. The minimum atomic E-state index is 0.839. The Morgan fingerprint density at radius 3 is 1.57 bits per heavy atom. The second-order valence-electron chi connectivity index (χ2n) is 14.3. The summed E-state index contributed by atoms with van der Waals surface area (Å²) in [6, 6.07) is 65.7. The Morgan fingerprint density at radius 1 is 0.278 bits per heavy atom. The summed E-state index contributed by atoms with van der Waals surface area (Å²) >= 11 is 0. The standard InChI is InChI=1S/C52H30O2/c1-2-12-31(13-3-1)48-39-17-6-8-19-41(39)49(42-20-9-7-18-40(42)48)43-27-26-34(36-14-4-5-15-37(36)43)32-22-24-35-33(30-32)23-25-45-50-47(54-51(35)45)29-28-44-38-16-10-11-21-46(38)53-52(44)50/h1-30H. The molecule has 0 amide bonds. The fraction of sp³-hybridized carbons (Fsp3) is 0. The molecule has 54 heavy (non-hydrogen) atoms. The van der Waals surface area contributed by atoms with Gasteiger partial charge in [0, 0.05) is 21.5 Å². The van der Waals surface area contributed by atoms with Crippen LogP contribution < -0.4 is 0 Å². The smallest absolute Gasteiger partial charge is 0.147 e. The van der Waals surface area contributed by atoms with Crippen molar-refractivity contribution in [3.8, 4) is 33.4 Å². The van der Waals surface area contributed by atoms with E-state index in [9.17, 15) is 0 Å². The Balaban J connectivity index is 1.06. The molecule has 12 aromatic rings. The van der Waals surface area contributed by atoms with E-state index in [1.54, 1.807) is 0 Å². The molecule has 0 spiro atoms. The Kier molecular flexibility index (Phi) is 6.09. The van der Waals surface area contributed by atoms with E-state index >= 15 is 0 Å². The highest BCUT2D eigenvalue weighted by molar-refractivity contribution is 6.26. The molecule has 0 aliphatic carbocycles. The van der Waals surface area contributed by atoms with Crippen molar-refractivity contribution in [3.63, 3.8) is 0 Å². The van der Waals surface area contributed by atoms with E-state index in [0.29, 0.717) is 0 Å². The summed E-state index contributed by atoms with van der Waals surface area (Å²) in [5.41, 5.74) is 10.9. The maximum Gasteiger partial charge on any atom is 0.147 e. The predicted molar refractivity (Wildman–Crippen MR) is 227 cm³/mol. The molecular formula is C52H30O2. The molecule has 0 fully saturated rings. The SMILES string of the molecule is c1ccc(-c2c3ccccc3c(-c3ccc(-c4ccc5c(ccc6c5oc5ccc7c8ccccc8oc7c56)c4)c4ccccc34)c3ccccc23)cc1. The molecule has 2 heterocycles. The highest BCUT2D eigenvalue weighted by Crippen LogP contribution is 2.47. The zero-order valence-corrected chi connectivity index (χ0v) is 29.1. The van der Waals surface area contributed by atoms with E-state index in [0.717, 1.165) is 54.6 Å². The summed E-state index contributed by atoms with van der Waals surface area (Å²) in [7, 11) is 0. The first-order chi connectivity index (χ1) is 26.8. The van der Waals surface area contributed by atoms with Crippen LogP contribution in [0.2, 0.25) is 0 Å². The van der Waals surface area contributed by atoms with Crippen molar-refractivity contribution < 1.29 is 8.83 Å². The quantitative estimate of drug-likeness (QED) is 0.173. The first kappa shape index (κ1) is 29.4. The van der Waals surface area contributed by atoms with Crippen molar-refractivity contribution in [1.82, 2.24) is 0 Å². The van der Waals surface area contributed by atoms with E-state index in [-0.39, 0.29) is 0 Å². The van der Waals surface area contributed by atoms with E-state index < -0.39 is 0 Å². The first-order valence-corrected chi connectivity index (χ1v) is 18.5. The van der Waals surface area contributed by atoms with Crippen LogP contribution in [0.15, 0.2) is 191 Å². The third-order valence-corrected chi connectivity index (χ3v) is 11.5.